The molecule has 1 aliphatic rings. The van der Waals surface area contributed by atoms with Gasteiger partial charge in [0.1, 0.15) is 18.2 Å². The highest BCUT2D eigenvalue weighted by atomic mass is 16.5. The highest BCUT2D eigenvalue weighted by Crippen LogP contribution is 2.25. The Morgan fingerprint density at radius 1 is 1.44 bits per heavy atom. The molecular formula is C12H14N2O2. The molecule has 1 aromatic heterocycles. The third-order valence-corrected chi connectivity index (χ3v) is 2.66. The van der Waals surface area contributed by atoms with Gasteiger partial charge in [-0.2, -0.15) is 5.26 Å². The van der Waals surface area contributed by atoms with Crippen molar-refractivity contribution >= 4 is 0 Å². The largest absolute Gasteiger partial charge is 0.474 e. The van der Waals surface area contributed by atoms with Gasteiger partial charge in [-0.3, -0.25) is 0 Å². The van der Waals surface area contributed by atoms with Gasteiger partial charge < -0.3 is 9.47 Å². The van der Waals surface area contributed by atoms with Crippen molar-refractivity contribution in [3.63, 3.8) is 0 Å². The molecule has 0 N–H and O–H groups in total. The Bertz CT molecular complexity index is 424. The zero-order chi connectivity index (χ0) is 11.4. The SMILES string of the molecule is COCCOc1nc2c(cc1C#N)CCC2. The molecule has 0 fully saturated rings. The van der Waals surface area contributed by atoms with E-state index in [0.717, 1.165) is 25.0 Å². The average Bonchev–Trinajstić information content (AvgIpc) is 2.75. The Balaban J connectivity index is 2.20. The second-order valence-corrected chi connectivity index (χ2v) is 3.75. The van der Waals surface area contributed by atoms with Crippen LogP contribution in [0.5, 0.6) is 5.88 Å². The number of aryl methyl sites for hydroxylation is 2. The lowest BCUT2D eigenvalue weighted by Gasteiger charge is -2.08. The molecule has 0 amide bonds. The molecule has 0 spiro atoms. The van der Waals surface area contributed by atoms with Gasteiger partial charge in [0.05, 0.1) is 6.61 Å². The molecule has 0 radical (unpaired) electrons. The van der Waals surface area contributed by atoms with E-state index in [-0.39, 0.29) is 0 Å². The average molecular weight is 218 g/mol. The smallest absolute Gasteiger partial charge is 0.232 e. The van der Waals surface area contributed by atoms with Crippen molar-refractivity contribution in [2.45, 2.75) is 19.3 Å². The van der Waals surface area contributed by atoms with Crippen LogP contribution in [0.1, 0.15) is 23.2 Å². The van der Waals surface area contributed by atoms with E-state index in [1.54, 1.807) is 7.11 Å². The summed E-state index contributed by atoms with van der Waals surface area (Å²) in [6, 6.07) is 4.02. The van der Waals surface area contributed by atoms with Crippen molar-refractivity contribution in [2.24, 2.45) is 0 Å². The fourth-order valence-corrected chi connectivity index (χ4v) is 1.86. The van der Waals surface area contributed by atoms with Crippen LogP contribution < -0.4 is 4.74 Å². The standard InChI is InChI=1S/C12H14N2O2/c1-15-5-6-16-12-10(8-13)7-9-3-2-4-11(9)14-12/h7H,2-6H2,1H3. The fraction of sp³-hybridized carbons (Fsp3) is 0.500. The van der Waals surface area contributed by atoms with Gasteiger partial charge in [0.15, 0.2) is 0 Å². The molecule has 16 heavy (non-hydrogen) atoms. The van der Waals surface area contributed by atoms with E-state index in [1.807, 2.05) is 6.07 Å². The third kappa shape index (κ3) is 2.15. The topological polar surface area (TPSA) is 55.1 Å². The van der Waals surface area contributed by atoms with Crippen LogP contribution in [0.15, 0.2) is 6.07 Å². The summed E-state index contributed by atoms with van der Waals surface area (Å²) < 4.78 is 10.3. The maximum Gasteiger partial charge on any atom is 0.232 e. The zero-order valence-electron chi connectivity index (χ0n) is 9.32. The van der Waals surface area contributed by atoms with Crippen molar-refractivity contribution in [2.75, 3.05) is 20.3 Å². The maximum absolute atomic E-state index is 9.00. The number of nitriles is 1. The fourth-order valence-electron chi connectivity index (χ4n) is 1.86. The van der Waals surface area contributed by atoms with Crippen LogP contribution in [-0.2, 0) is 17.6 Å². The summed E-state index contributed by atoms with van der Waals surface area (Å²) in [7, 11) is 1.62. The summed E-state index contributed by atoms with van der Waals surface area (Å²) in [5, 5.41) is 9.00. The second kappa shape index (κ2) is 4.95. The predicted molar refractivity (Wildman–Crippen MR) is 58.3 cm³/mol. The minimum absolute atomic E-state index is 0.428. The molecule has 1 heterocycles. The molecule has 0 aliphatic heterocycles. The molecule has 4 heteroatoms. The molecule has 1 aliphatic carbocycles. The van der Waals surface area contributed by atoms with Gasteiger partial charge in [-0.15, -0.1) is 0 Å². The number of ether oxygens (including phenoxy) is 2. The number of hydrogen-bond acceptors (Lipinski definition) is 4. The normalized spacial score (nSPS) is 13.2. The van der Waals surface area contributed by atoms with Crippen LogP contribution in [0.25, 0.3) is 0 Å². The first-order valence-electron chi connectivity index (χ1n) is 5.40. The molecule has 1 aromatic rings. The molecule has 0 unspecified atom stereocenters. The lowest BCUT2D eigenvalue weighted by Crippen LogP contribution is -2.07. The van der Waals surface area contributed by atoms with Crippen molar-refractivity contribution in [1.82, 2.24) is 4.98 Å². The Morgan fingerprint density at radius 3 is 3.06 bits per heavy atom. The van der Waals surface area contributed by atoms with Crippen molar-refractivity contribution < 1.29 is 9.47 Å². The highest BCUT2D eigenvalue weighted by Gasteiger charge is 2.16. The summed E-state index contributed by atoms with van der Waals surface area (Å²) in [4.78, 5) is 4.40. The first-order chi connectivity index (χ1) is 7.85. The number of rotatable bonds is 4. The predicted octanol–water partition coefficient (Wildman–Crippen LogP) is 1.47. The zero-order valence-corrected chi connectivity index (χ0v) is 9.32. The summed E-state index contributed by atoms with van der Waals surface area (Å²) >= 11 is 0. The highest BCUT2D eigenvalue weighted by molar-refractivity contribution is 5.44. The van der Waals surface area contributed by atoms with E-state index in [4.69, 9.17) is 14.7 Å². The first kappa shape index (κ1) is 10.9. The number of nitrogens with zero attached hydrogens (tertiary/aromatic N) is 2. The van der Waals surface area contributed by atoms with Crippen LogP contribution in [0.2, 0.25) is 0 Å². The second-order valence-electron chi connectivity index (χ2n) is 3.75. The molecule has 4 nitrogen and oxygen atoms in total. The number of hydrogen-bond donors (Lipinski definition) is 0. The molecule has 2 rings (SSSR count). The molecule has 0 aromatic carbocycles. The molecular weight excluding hydrogens is 204 g/mol. The Hall–Kier alpha value is -1.60. The minimum atomic E-state index is 0.428. The van der Waals surface area contributed by atoms with Gasteiger partial charge in [-0.25, -0.2) is 4.98 Å². The summed E-state index contributed by atoms with van der Waals surface area (Å²) in [5.41, 5.74) is 2.79. The molecule has 0 bridgehead atoms. The minimum Gasteiger partial charge on any atom is -0.474 e. The van der Waals surface area contributed by atoms with Gasteiger partial charge in [-0.1, -0.05) is 0 Å². The monoisotopic (exact) mass is 218 g/mol. The van der Waals surface area contributed by atoms with Crippen molar-refractivity contribution in [1.29, 1.82) is 5.26 Å². The van der Waals surface area contributed by atoms with Crippen molar-refractivity contribution in [3.05, 3.63) is 22.9 Å². The number of aromatic nitrogens is 1. The van der Waals surface area contributed by atoms with Crippen LogP contribution >= 0.6 is 0 Å². The van der Waals surface area contributed by atoms with Gasteiger partial charge in [0.25, 0.3) is 0 Å². The summed E-state index contributed by atoms with van der Waals surface area (Å²) in [6.45, 7) is 0.931. The van der Waals surface area contributed by atoms with Gasteiger partial charge >= 0.3 is 0 Å². The molecule has 0 saturated heterocycles. The van der Waals surface area contributed by atoms with Crippen LogP contribution in [-0.4, -0.2) is 25.3 Å². The summed E-state index contributed by atoms with van der Waals surface area (Å²) in [5.74, 6) is 0.445. The Labute approximate surface area is 94.8 Å². The van der Waals surface area contributed by atoms with E-state index in [0.29, 0.717) is 24.7 Å². The van der Waals surface area contributed by atoms with Gasteiger partial charge in [0.2, 0.25) is 5.88 Å². The van der Waals surface area contributed by atoms with E-state index < -0.39 is 0 Å². The third-order valence-electron chi connectivity index (χ3n) is 2.66. The van der Waals surface area contributed by atoms with Crippen LogP contribution in [0.3, 0.4) is 0 Å². The van der Waals surface area contributed by atoms with E-state index >= 15 is 0 Å². The van der Waals surface area contributed by atoms with Crippen LogP contribution in [0.4, 0.5) is 0 Å². The lowest BCUT2D eigenvalue weighted by molar-refractivity contribution is 0.143. The van der Waals surface area contributed by atoms with E-state index in [1.165, 1.54) is 5.56 Å². The quantitative estimate of drug-likeness (QED) is 0.718. The lowest BCUT2D eigenvalue weighted by atomic mass is 10.1. The molecule has 84 valence electrons. The molecule has 0 atom stereocenters. The number of methoxy groups -OCH3 is 1. The Kier molecular flexibility index (Phi) is 3.37. The van der Waals surface area contributed by atoms with E-state index in [2.05, 4.69) is 11.1 Å². The van der Waals surface area contributed by atoms with Gasteiger partial charge in [-0.05, 0) is 30.9 Å². The number of pyridine rings is 1. The van der Waals surface area contributed by atoms with Crippen molar-refractivity contribution in [3.8, 4) is 11.9 Å². The first-order valence-corrected chi connectivity index (χ1v) is 5.40. The maximum atomic E-state index is 9.00. The Morgan fingerprint density at radius 2 is 2.31 bits per heavy atom. The molecule has 0 saturated carbocycles. The van der Waals surface area contributed by atoms with Crippen LogP contribution in [0, 0.1) is 11.3 Å². The van der Waals surface area contributed by atoms with E-state index in [9.17, 15) is 0 Å². The van der Waals surface area contributed by atoms with Gasteiger partial charge in [0, 0.05) is 12.8 Å². The number of fused-ring (bicyclic) bond motifs is 1. The summed E-state index contributed by atoms with van der Waals surface area (Å²) in [6.07, 6.45) is 3.13.